The molecule has 0 bridgehead atoms. The van der Waals surface area contributed by atoms with Gasteiger partial charge in [-0.05, 0) is 33.0 Å². The lowest BCUT2D eigenvalue weighted by Crippen LogP contribution is -2.30. The molecule has 2 N–H and O–H groups in total. The molecule has 1 aromatic heterocycles. The minimum atomic E-state index is 0.677. The first kappa shape index (κ1) is 10.3. The summed E-state index contributed by atoms with van der Waals surface area (Å²) in [5.74, 6) is 0.677. The molecule has 16 heavy (non-hydrogen) atoms. The van der Waals surface area contributed by atoms with E-state index >= 15 is 0 Å². The first-order valence-electron chi connectivity index (χ1n) is 6.30. The number of likely N-dealkylation sites (tertiary alicyclic amines) is 1. The number of nitrogens with zero attached hydrogens (tertiary/aromatic N) is 2. The third-order valence-corrected chi connectivity index (χ3v) is 3.94. The average molecular weight is 220 g/mol. The SMILES string of the molecule is CN1CCC(c2n[nH]c3c2CNCC3)CC1. The number of H-pyrrole nitrogens is 1. The summed E-state index contributed by atoms with van der Waals surface area (Å²) in [5.41, 5.74) is 4.17. The molecule has 2 aliphatic heterocycles. The van der Waals surface area contributed by atoms with Gasteiger partial charge in [0.25, 0.3) is 0 Å². The summed E-state index contributed by atoms with van der Waals surface area (Å²) in [6.07, 6.45) is 3.62. The zero-order chi connectivity index (χ0) is 11.0. The molecule has 0 aliphatic carbocycles. The van der Waals surface area contributed by atoms with E-state index in [1.54, 1.807) is 0 Å². The molecule has 1 fully saturated rings. The van der Waals surface area contributed by atoms with Crippen LogP contribution in [0.4, 0.5) is 0 Å². The Kier molecular flexibility index (Phi) is 2.69. The summed E-state index contributed by atoms with van der Waals surface area (Å²) in [7, 11) is 2.21. The van der Waals surface area contributed by atoms with Gasteiger partial charge in [0.2, 0.25) is 0 Å². The Morgan fingerprint density at radius 3 is 2.94 bits per heavy atom. The highest BCUT2D eigenvalue weighted by molar-refractivity contribution is 5.30. The fourth-order valence-corrected chi connectivity index (χ4v) is 2.87. The van der Waals surface area contributed by atoms with Gasteiger partial charge in [0.15, 0.2) is 0 Å². The van der Waals surface area contributed by atoms with Crippen LogP contribution in [0, 0.1) is 0 Å². The maximum atomic E-state index is 4.56. The van der Waals surface area contributed by atoms with E-state index < -0.39 is 0 Å². The van der Waals surface area contributed by atoms with Crippen LogP contribution >= 0.6 is 0 Å². The topological polar surface area (TPSA) is 44.0 Å². The van der Waals surface area contributed by atoms with E-state index in [4.69, 9.17) is 0 Å². The second-order valence-corrected chi connectivity index (χ2v) is 5.07. The van der Waals surface area contributed by atoms with Crippen LogP contribution in [0.5, 0.6) is 0 Å². The molecule has 0 amide bonds. The Bertz CT molecular complexity index is 363. The van der Waals surface area contributed by atoms with Crippen LogP contribution in [0.15, 0.2) is 0 Å². The minimum Gasteiger partial charge on any atom is -0.312 e. The zero-order valence-corrected chi connectivity index (χ0v) is 9.92. The summed E-state index contributed by atoms with van der Waals surface area (Å²) < 4.78 is 0. The molecule has 1 aromatic rings. The number of aromatic amines is 1. The molecule has 0 saturated carbocycles. The first-order valence-corrected chi connectivity index (χ1v) is 6.30. The van der Waals surface area contributed by atoms with Crippen molar-refractivity contribution >= 4 is 0 Å². The summed E-state index contributed by atoms with van der Waals surface area (Å²) in [4.78, 5) is 2.41. The molecule has 2 aliphatic rings. The molecule has 0 spiro atoms. The molecule has 1 saturated heterocycles. The quantitative estimate of drug-likeness (QED) is 0.738. The molecule has 3 heterocycles. The van der Waals surface area contributed by atoms with E-state index in [-0.39, 0.29) is 0 Å². The van der Waals surface area contributed by atoms with Gasteiger partial charge in [0.1, 0.15) is 0 Å². The van der Waals surface area contributed by atoms with Crippen molar-refractivity contribution in [3.63, 3.8) is 0 Å². The van der Waals surface area contributed by atoms with E-state index in [0.717, 1.165) is 19.5 Å². The Labute approximate surface area is 96.4 Å². The van der Waals surface area contributed by atoms with E-state index in [9.17, 15) is 0 Å². The first-order chi connectivity index (χ1) is 7.84. The lowest BCUT2D eigenvalue weighted by atomic mass is 9.90. The zero-order valence-electron chi connectivity index (χ0n) is 9.92. The Hall–Kier alpha value is -0.870. The second kappa shape index (κ2) is 4.18. The average Bonchev–Trinajstić information content (AvgIpc) is 2.74. The van der Waals surface area contributed by atoms with Crippen LogP contribution in [0.3, 0.4) is 0 Å². The molecule has 4 nitrogen and oxygen atoms in total. The Balaban J connectivity index is 1.81. The van der Waals surface area contributed by atoms with Gasteiger partial charge in [-0.2, -0.15) is 5.10 Å². The largest absolute Gasteiger partial charge is 0.312 e. The number of rotatable bonds is 1. The van der Waals surface area contributed by atoms with Crippen molar-refractivity contribution in [1.29, 1.82) is 0 Å². The van der Waals surface area contributed by atoms with Crippen LogP contribution in [0.1, 0.15) is 35.7 Å². The van der Waals surface area contributed by atoms with Crippen molar-refractivity contribution in [3.8, 4) is 0 Å². The number of piperidine rings is 1. The van der Waals surface area contributed by atoms with Crippen LogP contribution < -0.4 is 5.32 Å². The fraction of sp³-hybridized carbons (Fsp3) is 0.750. The maximum absolute atomic E-state index is 4.56. The van der Waals surface area contributed by atoms with Crippen LogP contribution in [0.2, 0.25) is 0 Å². The predicted octanol–water partition coefficient (Wildman–Crippen LogP) is 0.865. The number of aromatic nitrogens is 2. The number of hydrogen-bond donors (Lipinski definition) is 2. The summed E-state index contributed by atoms with van der Waals surface area (Å²) in [5, 5.41) is 11.2. The molecule has 4 heteroatoms. The molecule has 0 aromatic carbocycles. The van der Waals surface area contributed by atoms with E-state index in [0.29, 0.717) is 5.92 Å². The van der Waals surface area contributed by atoms with Gasteiger partial charge in [-0.15, -0.1) is 0 Å². The Morgan fingerprint density at radius 1 is 1.31 bits per heavy atom. The van der Waals surface area contributed by atoms with E-state index in [2.05, 4.69) is 27.5 Å². The smallest absolute Gasteiger partial charge is 0.0701 e. The Morgan fingerprint density at radius 2 is 2.12 bits per heavy atom. The molecule has 0 unspecified atom stereocenters. The molecular formula is C12H20N4. The lowest BCUT2D eigenvalue weighted by molar-refractivity contribution is 0.252. The minimum absolute atomic E-state index is 0.677. The summed E-state index contributed by atoms with van der Waals surface area (Å²) in [6, 6.07) is 0. The van der Waals surface area contributed by atoms with Crippen LogP contribution in [0.25, 0.3) is 0 Å². The number of hydrogen-bond acceptors (Lipinski definition) is 3. The van der Waals surface area contributed by atoms with Gasteiger partial charge in [0, 0.05) is 36.7 Å². The van der Waals surface area contributed by atoms with Gasteiger partial charge < -0.3 is 10.2 Å². The fourth-order valence-electron chi connectivity index (χ4n) is 2.87. The van der Waals surface area contributed by atoms with Crippen molar-refractivity contribution in [3.05, 3.63) is 17.0 Å². The molecule has 88 valence electrons. The highest BCUT2D eigenvalue weighted by atomic mass is 15.1. The maximum Gasteiger partial charge on any atom is 0.0701 e. The second-order valence-electron chi connectivity index (χ2n) is 5.07. The molecule has 3 rings (SSSR count). The van der Waals surface area contributed by atoms with Crippen molar-refractivity contribution < 1.29 is 0 Å². The third-order valence-electron chi connectivity index (χ3n) is 3.94. The number of nitrogens with one attached hydrogen (secondary N) is 2. The molecule has 0 radical (unpaired) electrons. The van der Waals surface area contributed by atoms with Gasteiger partial charge in [0.05, 0.1) is 5.69 Å². The van der Waals surface area contributed by atoms with Crippen molar-refractivity contribution in [2.24, 2.45) is 0 Å². The van der Waals surface area contributed by atoms with Crippen LogP contribution in [-0.2, 0) is 13.0 Å². The van der Waals surface area contributed by atoms with E-state index in [1.807, 2.05) is 0 Å². The molecular weight excluding hydrogens is 200 g/mol. The van der Waals surface area contributed by atoms with Crippen LogP contribution in [-0.4, -0.2) is 41.8 Å². The number of fused-ring (bicyclic) bond motifs is 1. The summed E-state index contributed by atoms with van der Waals surface area (Å²) >= 11 is 0. The highest BCUT2D eigenvalue weighted by Crippen LogP contribution is 2.30. The standard InChI is InChI=1S/C12H20N4/c1-16-6-3-9(4-7-16)12-10-8-13-5-2-11(10)14-15-12/h9,13H,2-8H2,1H3,(H,14,15). The van der Waals surface area contributed by atoms with Gasteiger partial charge in [-0.1, -0.05) is 0 Å². The van der Waals surface area contributed by atoms with Gasteiger partial charge >= 0.3 is 0 Å². The van der Waals surface area contributed by atoms with Crippen molar-refractivity contribution in [2.45, 2.75) is 31.7 Å². The van der Waals surface area contributed by atoms with E-state index in [1.165, 1.54) is 42.9 Å². The lowest BCUT2D eigenvalue weighted by Gasteiger charge is -2.28. The highest BCUT2D eigenvalue weighted by Gasteiger charge is 2.25. The molecule has 0 atom stereocenters. The monoisotopic (exact) mass is 220 g/mol. The van der Waals surface area contributed by atoms with Crippen molar-refractivity contribution in [1.82, 2.24) is 20.4 Å². The normalized spacial score (nSPS) is 23.3. The summed E-state index contributed by atoms with van der Waals surface area (Å²) in [6.45, 7) is 4.51. The predicted molar refractivity (Wildman–Crippen MR) is 63.5 cm³/mol. The third kappa shape index (κ3) is 1.76. The van der Waals surface area contributed by atoms with Gasteiger partial charge in [-0.25, -0.2) is 0 Å². The van der Waals surface area contributed by atoms with Gasteiger partial charge in [-0.3, -0.25) is 5.10 Å². The van der Waals surface area contributed by atoms with Crippen molar-refractivity contribution in [2.75, 3.05) is 26.7 Å².